The quantitative estimate of drug-likeness (QED) is 0.841. The van der Waals surface area contributed by atoms with Crippen LogP contribution in [0.25, 0.3) is 0 Å². The number of para-hydroxylation sites is 1. The molecule has 0 fully saturated rings. The second-order valence-electron chi connectivity index (χ2n) is 4.91. The van der Waals surface area contributed by atoms with E-state index in [2.05, 4.69) is 5.32 Å². The maximum atomic E-state index is 11.8. The van der Waals surface area contributed by atoms with E-state index >= 15 is 0 Å². The van der Waals surface area contributed by atoms with Crippen molar-refractivity contribution in [2.75, 3.05) is 12.4 Å². The monoisotopic (exact) mass is 285 g/mol. The number of carbonyl (C=O) groups is 1. The number of ether oxygens (including phenoxy) is 2. The highest BCUT2D eigenvalue weighted by molar-refractivity contribution is 5.96. The Morgan fingerprint density at radius 3 is 2.38 bits per heavy atom. The SMILES string of the molecule is COC(=O)c1ccc(Oc2ccccc2)cc1NC(C)C. The van der Waals surface area contributed by atoms with Gasteiger partial charge in [0.2, 0.25) is 0 Å². The number of carbonyl (C=O) groups excluding carboxylic acids is 1. The summed E-state index contributed by atoms with van der Waals surface area (Å²) in [6, 6.07) is 15.0. The molecule has 0 amide bonds. The molecule has 0 radical (unpaired) electrons. The molecule has 1 N–H and O–H groups in total. The Morgan fingerprint density at radius 2 is 1.76 bits per heavy atom. The molecule has 0 spiro atoms. The van der Waals surface area contributed by atoms with Gasteiger partial charge in [0.05, 0.1) is 18.4 Å². The summed E-state index contributed by atoms with van der Waals surface area (Å²) in [5.74, 6) is 1.04. The molecule has 0 saturated heterocycles. The van der Waals surface area contributed by atoms with Crippen molar-refractivity contribution in [1.29, 1.82) is 0 Å². The molecule has 2 aromatic rings. The van der Waals surface area contributed by atoms with Crippen LogP contribution < -0.4 is 10.1 Å². The van der Waals surface area contributed by atoms with Gasteiger partial charge in [-0.2, -0.15) is 0 Å². The van der Waals surface area contributed by atoms with E-state index in [0.717, 1.165) is 5.75 Å². The standard InChI is InChI=1S/C17H19NO3/c1-12(2)18-16-11-14(9-10-15(16)17(19)20-3)21-13-7-5-4-6-8-13/h4-12,18H,1-3H3. The lowest BCUT2D eigenvalue weighted by molar-refractivity contribution is 0.0602. The number of anilines is 1. The predicted octanol–water partition coefficient (Wildman–Crippen LogP) is 4.09. The lowest BCUT2D eigenvalue weighted by Gasteiger charge is -2.15. The Labute approximate surface area is 124 Å². The van der Waals surface area contributed by atoms with Gasteiger partial charge in [-0.25, -0.2) is 4.79 Å². The zero-order valence-corrected chi connectivity index (χ0v) is 12.4. The largest absolute Gasteiger partial charge is 0.465 e. The first-order valence-corrected chi connectivity index (χ1v) is 6.82. The van der Waals surface area contributed by atoms with Crippen LogP contribution in [0.4, 0.5) is 5.69 Å². The van der Waals surface area contributed by atoms with E-state index in [1.54, 1.807) is 18.2 Å². The minimum Gasteiger partial charge on any atom is -0.465 e. The maximum absolute atomic E-state index is 11.8. The summed E-state index contributed by atoms with van der Waals surface area (Å²) >= 11 is 0. The zero-order chi connectivity index (χ0) is 15.2. The highest BCUT2D eigenvalue weighted by Crippen LogP contribution is 2.27. The summed E-state index contributed by atoms with van der Waals surface area (Å²) in [6.07, 6.45) is 0. The van der Waals surface area contributed by atoms with Crippen molar-refractivity contribution in [1.82, 2.24) is 0 Å². The molecule has 2 rings (SSSR count). The molecule has 0 bridgehead atoms. The van der Waals surface area contributed by atoms with Gasteiger partial charge < -0.3 is 14.8 Å². The number of hydrogen-bond acceptors (Lipinski definition) is 4. The van der Waals surface area contributed by atoms with Crippen LogP contribution in [0.5, 0.6) is 11.5 Å². The Hall–Kier alpha value is -2.49. The van der Waals surface area contributed by atoms with Crippen LogP contribution in [0.1, 0.15) is 24.2 Å². The van der Waals surface area contributed by atoms with Crippen molar-refractivity contribution >= 4 is 11.7 Å². The van der Waals surface area contributed by atoms with E-state index < -0.39 is 0 Å². The van der Waals surface area contributed by atoms with Gasteiger partial charge in [0.15, 0.2) is 0 Å². The topological polar surface area (TPSA) is 47.6 Å². The third kappa shape index (κ3) is 3.99. The Morgan fingerprint density at radius 1 is 1.05 bits per heavy atom. The van der Waals surface area contributed by atoms with Crippen LogP contribution in [0, 0.1) is 0 Å². The van der Waals surface area contributed by atoms with Crippen molar-refractivity contribution in [3.8, 4) is 11.5 Å². The molecule has 0 aliphatic rings. The second kappa shape index (κ2) is 6.79. The molecular formula is C17H19NO3. The summed E-state index contributed by atoms with van der Waals surface area (Å²) in [4.78, 5) is 11.8. The van der Waals surface area contributed by atoms with Gasteiger partial charge >= 0.3 is 5.97 Å². The van der Waals surface area contributed by atoms with Crippen LogP contribution in [0.3, 0.4) is 0 Å². The first kappa shape index (κ1) is 14.9. The van der Waals surface area contributed by atoms with Gasteiger partial charge in [-0.1, -0.05) is 18.2 Å². The van der Waals surface area contributed by atoms with Gasteiger partial charge in [0.1, 0.15) is 11.5 Å². The van der Waals surface area contributed by atoms with E-state index in [-0.39, 0.29) is 12.0 Å². The molecule has 0 aliphatic carbocycles. The van der Waals surface area contributed by atoms with Crippen molar-refractivity contribution in [3.63, 3.8) is 0 Å². The lowest BCUT2D eigenvalue weighted by Crippen LogP contribution is -2.14. The molecule has 4 nitrogen and oxygen atoms in total. The summed E-state index contributed by atoms with van der Waals surface area (Å²) < 4.78 is 10.6. The van der Waals surface area contributed by atoms with Crippen LogP contribution in [0.15, 0.2) is 48.5 Å². The summed E-state index contributed by atoms with van der Waals surface area (Å²) in [5, 5.41) is 3.23. The second-order valence-corrected chi connectivity index (χ2v) is 4.91. The van der Waals surface area contributed by atoms with Crippen LogP contribution in [-0.2, 0) is 4.74 Å². The van der Waals surface area contributed by atoms with Crippen molar-refractivity contribution in [2.45, 2.75) is 19.9 Å². The van der Waals surface area contributed by atoms with Crippen molar-refractivity contribution in [2.24, 2.45) is 0 Å². The highest BCUT2D eigenvalue weighted by atomic mass is 16.5. The zero-order valence-electron chi connectivity index (χ0n) is 12.4. The molecule has 0 unspecified atom stereocenters. The number of nitrogens with one attached hydrogen (secondary N) is 1. The maximum Gasteiger partial charge on any atom is 0.339 e. The Kier molecular flexibility index (Phi) is 4.82. The third-order valence-corrected chi connectivity index (χ3v) is 2.82. The van der Waals surface area contributed by atoms with E-state index in [4.69, 9.17) is 9.47 Å². The summed E-state index contributed by atoms with van der Waals surface area (Å²) in [5.41, 5.74) is 1.19. The molecule has 2 aromatic carbocycles. The van der Waals surface area contributed by atoms with E-state index in [1.807, 2.05) is 44.2 Å². The average molecular weight is 285 g/mol. The van der Waals surface area contributed by atoms with Crippen molar-refractivity contribution < 1.29 is 14.3 Å². The number of benzene rings is 2. The van der Waals surface area contributed by atoms with Crippen LogP contribution >= 0.6 is 0 Å². The van der Waals surface area contributed by atoms with Gasteiger partial charge in [0.25, 0.3) is 0 Å². The van der Waals surface area contributed by atoms with E-state index in [9.17, 15) is 4.79 Å². The molecule has 0 heterocycles. The number of hydrogen-bond donors (Lipinski definition) is 1. The number of methoxy groups -OCH3 is 1. The van der Waals surface area contributed by atoms with Gasteiger partial charge in [-0.05, 0) is 38.1 Å². The predicted molar refractivity (Wildman–Crippen MR) is 83.1 cm³/mol. The number of esters is 1. The highest BCUT2D eigenvalue weighted by Gasteiger charge is 2.14. The minimum absolute atomic E-state index is 0.195. The summed E-state index contributed by atoms with van der Waals surface area (Å²) in [6.45, 7) is 4.01. The van der Waals surface area contributed by atoms with E-state index in [1.165, 1.54) is 7.11 Å². The third-order valence-electron chi connectivity index (χ3n) is 2.82. The van der Waals surface area contributed by atoms with Crippen molar-refractivity contribution in [3.05, 3.63) is 54.1 Å². The molecule has 0 saturated carbocycles. The molecule has 21 heavy (non-hydrogen) atoms. The molecule has 4 heteroatoms. The first-order chi connectivity index (χ1) is 10.1. The molecule has 0 aromatic heterocycles. The van der Waals surface area contributed by atoms with Crippen LogP contribution in [-0.4, -0.2) is 19.1 Å². The van der Waals surface area contributed by atoms with E-state index in [0.29, 0.717) is 17.0 Å². The smallest absolute Gasteiger partial charge is 0.339 e. The fraction of sp³-hybridized carbons (Fsp3) is 0.235. The number of rotatable bonds is 5. The van der Waals surface area contributed by atoms with Gasteiger partial charge in [0, 0.05) is 12.1 Å². The molecule has 110 valence electrons. The Bertz CT molecular complexity index is 609. The fourth-order valence-corrected chi connectivity index (χ4v) is 1.93. The molecular weight excluding hydrogens is 266 g/mol. The molecule has 0 aliphatic heterocycles. The molecule has 0 atom stereocenters. The van der Waals surface area contributed by atoms with Gasteiger partial charge in [-0.3, -0.25) is 0 Å². The minimum atomic E-state index is -0.371. The van der Waals surface area contributed by atoms with Gasteiger partial charge in [-0.15, -0.1) is 0 Å². The normalized spacial score (nSPS) is 10.3. The summed E-state index contributed by atoms with van der Waals surface area (Å²) in [7, 11) is 1.37. The first-order valence-electron chi connectivity index (χ1n) is 6.82. The fourth-order valence-electron chi connectivity index (χ4n) is 1.93. The van der Waals surface area contributed by atoms with Crippen LogP contribution in [0.2, 0.25) is 0 Å². The lowest BCUT2D eigenvalue weighted by atomic mass is 10.1. The average Bonchev–Trinajstić information content (AvgIpc) is 2.47. The Balaban J connectivity index is 2.30.